The van der Waals surface area contributed by atoms with Crippen LogP contribution in [0.15, 0.2) is 59.1 Å². The van der Waals surface area contributed by atoms with Gasteiger partial charge in [0, 0.05) is 16.1 Å². The van der Waals surface area contributed by atoms with Crippen molar-refractivity contribution in [1.29, 1.82) is 0 Å². The van der Waals surface area contributed by atoms with Gasteiger partial charge < -0.3 is 0 Å². The van der Waals surface area contributed by atoms with Crippen molar-refractivity contribution >= 4 is 27.5 Å². The molecule has 0 amide bonds. The molecule has 0 aliphatic carbocycles. The van der Waals surface area contributed by atoms with Gasteiger partial charge in [-0.1, -0.05) is 54.1 Å². The van der Waals surface area contributed by atoms with E-state index in [1.807, 2.05) is 54.6 Å². The minimum atomic E-state index is 0.725. The topological polar surface area (TPSA) is 28.7 Å². The lowest BCUT2D eigenvalue weighted by atomic mass is 10.1. The van der Waals surface area contributed by atoms with E-state index < -0.39 is 0 Å². The minimum Gasteiger partial charge on any atom is -0.276 e. The number of nitrogens with one attached hydrogen (secondary N) is 1. The summed E-state index contributed by atoms with van der Waals surface area (Å²) in [5.41, 5.74) is 3.98. The van der Waals surface area contributed by atoms with Gasteiger partial charge in [-0.3, -0.25) is 5.10 Å². The van der Waals surface area contributed by atoms with E-state index in [1.54, 1.807) is 0 Å². The summed E-state index contributed by atoms with van der Waals surface area (Å²) in [6, 6.07) is 17.7. The van der Waals surface area contributed by atoms with E-state index in [1.165, 1.54) is 0 Å². The SMILES string of the molecule is Clc1ccc(-c2[nH]nc(-c3ccccc3)c2Br)cc1. The predicted molar refractivity (Wildman–Crippen MR) is 82.2 cm³/mol. The lowest BCUT2D eigenvalue weighted by Crippen LogP contribution is -1.78. The van der Waals surface area contributed by atoms with E-state index >= 15 is 0 Å². The van der Waals surface area contributed by atoms with Crippen LogP contribution in [-0.4, -0.2) is 10.2 Å². The third-order valence-electron chi connectivity index (χ3n) is 2.89. The van der Waals surface area contributed by atoms with Crippen molar-refractivity contribution < 1.29 is 0 Å². The van der Waals surface area contributed by atoms with Gasteiger partial charge in [0.05, 0.1) is 10.2 Å². The summed E-state index contributed by atoms with van der Waals surface area (Å²) in [6.07, 6.45) is 0. The maximum atomic E-state index is 5.90. The Kier molecular flexibility index (Phi) is 3.40. The van der Waals surface area contributed by atoms with Crippen LogP contribution in [0.25, 0.3) is 22.5 Å². The standard InChI is InChI=1S/C15H10BrClN2/c16-13-14(10-4-2-1-3-5-10)18-19-15(13)11-6-8-12(17)9-7-11/h1-9H,(H,18,19). The van der Waals surface area contributed by atoms with Gasteiger partial charge in [0.2, 0.25) is 0 Å². The van der Waals surface area contributed by atoms with Crippen molar-refractivity contribution in [1.82, 2.24) is 10.2 Å². The highest BCUT2D eigenvalue weighted by Gasteiger charge is 2.13. The van der Waals surface area contributed by atoms with Gasteiger partial charge in [0.1, 0.15) is 5.69 Å². The van der Waals surface area contributed by atoms with Crippen LogP contribution < -0.4 is 0 Å². The molecule has 19 heavy (non-hydrogen) atoms. The van der Waals surface area contributed by atoms with Crippen molar-refractivity contribution in [3.63, 3.8) is 0 Å². The average Bonchev–Trinajstić information content (AvgIpc) is 2.83. The Morgan fingerprint density at radius 1 is 0.895 bits per heavy atom. The predicted octanol–water partition coefficient (Wildman–Crippen LogP) is 5.16. The third-order valence-corrected chi connectivity index (χ3v) is 3.91. The molecule has 0 spiro atoms. The Bertz CT molecular complexity index is 690. The maximum absolute atomic E-state index is 5.90. The molecule has 0 saturated carbocycles. The van der Waals surface area contributed by atoms with Crippen LogP contribution >= 0.6 is 27.5 Å². The van der Waals surface area contributed by atoms with Gasteiger partial charge in [0.25, 0.3) is 0 Å². The zero-order chi connectivity index (χ0) is 13.2. The fourth-order valence-electron chi connectivity index (χ4n) is 1.92. The van der Waals surface area contributed by atoms with Crippen LogP contribution in [0.1, 0.15) is 0 Å². The second kappa shape index (κ2) is 5.19. The minimum absolute atomic E-state index is 0.725. The lowest BCUT2D eigenvalue weighted by molar-refractivity contribution is 1.10. The van der Waals surface area contributed by atoms with E-state index in [0.29, 0.717) is 0 Å². The first-order chi connectivity index (χ1) is 9.25. The number of halogens is 2. The largest absolute Gasteiger partial charge is 0.276 e. The van der Waals surface area contributed by atoms with Crippen LogP contribution in [0, 0.1) is 0 Å². The Balaban J connectivity index is 2.06. The molecule has 1 N–H and O–H groups in total. The van der Waals surface area contributed by atoms with Crippen LogP contribution in [0.2, 0.25) is 5.02 Å². The van der Waals surface area contributed by atoms with Gasteiger partial charge in [0.15, 0.2) is 0 Å². The molecular weight excluding hydrogens is 324 g/mol. The van der Waals surface area contributed by atoms with Gasteiger partial charge in [-0.05, 0) is 28.1 Å². The quantitative estimate of drug-likeness (QED) is 0.689. The monoisotopic (exact) mass is 332 g/mol. The summed E-state index contributed by atoms with van der Waals surface area (Å²) in [4.78, 5) is 0. The Labute approximate surface area is 124 Å². The zero-order valence-corrected chi connectivity index (χ0v) is 12.2. The molecule has 3 aromatic rings. The van der Waals surface area contributed by atoms with Crippen molar-refractivity contribution in [2.75, 3.05) is 0 Å². The molecule has 2 aromatic carbocycles. The first-order valence-corrected chi connectivity index (χ1v) is 6.98. The average molecular weight is 334 g/mol. The van der Waals surface area contributed by atoms with Gasteiger partial charge in [-0.25, -0.2) is 0 Å². The van der Waals surface area contributed by atoms with Gasteiger partial charge >= 0.3 is 0 Å². The first-order valence-electron chi connectivity index (χ1n) is 5.81. The van der Waals surface area contributed by atoms with E-state index in [0.717, 1.165) is 32.0 Å². The molecule has 1 heterocycles. The smallest absolute Gasteiger partial charge is 0.107 e. The van der Waals surface area contributed by atoms with E-state index in [-0.39, 0.29) is 0 Å². The summed E-state index contributed by atoms with van der Waals surface area (Å²) in [5, 5.41) is 8.17. The molecule has 1 aromatic heterocycles. The molecule has 94 valence electrons. The fraction of sp³-hybridized carbons (Fsp3) is 0. The molecule has 2 nitrogen and oxygen atoms in total. The number of aromatic nitrogens is 2. The Morgan fingerprint density at radius 3 is 2.26 bits per heavy atom. The zero-order valence-electron chi connectivity index (χ0n) is 9.90. The van der Waals surface area contributed by atoms with E-state index in [4.69, 9.17) is 11.6 Å². The molecule has 0 bridgehead atoms. The number of rotatable bonds is 2. The molecule has 0 atom stereocenters. The number of hydrogen-bond donors (Lipinski definition) is 1. The molecule has 0 saturated heterocycles. The van der Waals surface area contributed by atoms with E-state index in [2.05, 4.69) is 26.1 Å². The molecule has 0 unspecified atom stereocenters. The maximum Gasteiger partial charge on any atom is 0.107 e. The number of H-pyrrole nitrogens is 1. The Morgan fingerprint density at radius 2 is 1.58 bits per heavy atom. The third kappa shape index (κ3) is 2.44. The van der Waals surface area contributed by atoms with Crippen molar-refractivity contribution in [3.05, 3.63) is 64.1 Å². The summed E-state index contributed by atoms with van der Waals surface area (Å²) in [5.74, 6) is 0. The molecule has 0 aliphatic rings. The molecule has 0 aliphatic heterocycles. The number of nitrogens with zero attached hydrogens (tertiary/aromatic N) is 1. The molecule has 0 radical (unpaired) electrons. The lowest BCUT2D eigenvalue weighted by Gasteiger charge is -2.00. The normalized spacial score (nSPS) is 10.6. The van der Waals surface area contributed by atoms with E-state index in [9.17, 15) is 0 Å². The fourth-order valence-corrected chi connectivity index (χ4v) is 2.68. The van der Waals surface area contributed by atoms with Gasteiger partial charge in [-0.2, -0.15) is 5.10 Å². The first kappa shape index (κ1) is 12.5. The van der Waals surface area contributed by atoms with Gasteiger partial charge in [-0.15, -0.1) is 0 Å². The molecule has 0 fully saturated rings. The Hall–Kier alpha value is -1.58. The summed E-state index contributed by atoms with van der Waals surface area (Å²) >= 11 is 9.52. The van der Waals surface area contributed by atoms with Crippen molar-refractivity contribution in [2.24, 2.45) is 0 Å². The highest BCUT2D eigenvalue weighted by atomic mass is 79.9. The summed E-state index contributed by atoms with van der Waals surface area (Å²) < 4.78 is 0.959. The highest BCUT2D eigenvalue weighted by Crippen LogP contribution is 2.34. The molecule has 4 heteroatoms. The molecular formula is C15H10BrClN2. The van der Waals surface area contributed by atoms with Crippen LogP contribution in [0.4, 0.5) is 0 Å². The number of hydrogen-bond acceptors (Lipinski definition) is 1. The highest BCUT2D eigenvalue weighted by molar-refractivity contribution is 9.10. The number of benzene rings is 2. The van der Waals surface area contributed by atoms with Crippen molar-refractivity contribution in [2.45, 2.75) is 0 Å². The van der Waals surface area contributed by atoms with Crippen LogP contribution in [0.5, 0.6) is 0 Å². The van der Waals surface area contributed by atoms with Crippen LogP contribution in [-0.2, 0) is 0 Å². The van der Waals surface area contributed by atoms with Crippen molar-refractivity contribution in [3.8, 4) is 22.5 Å². The van der Waals surface area contributed by atoms with Crippen LogP contribution in [0.3, 0.4) is 0 Å². The summed E-state index contributed by atoms with van der Waals surface area (Å²) in [7, 11) is 0. The second-order valence-electron chi connectivity index (χ2n) is 4.13. The summed E-state index contributed by atoms with van der Waals surface area (Å²) in [6.45, 7) is 0. The molecule has 3 rings (SSSR count). The number of aromatic amines is 1. The second-order valence-corrected chi connectivity index (χ2v) is 5.36.